The number of halogens is 3. The molecule has 9 heteroatoms. The van der Waals surface area contributed by atoms with Crippen LogP contribution in [-0.2, 0) is 9.53 Å². The summed E-state index contributed by atoms with van der Waals surface area (Å²) in [6, 6.07) is 3.23. The second-order valence-electron chi connectivity index (χ2n) is 6.07. The van der Waals surface area contributed by atoms with Gasteiger partial charge in [0.2, 0.25) is 5.91 Å². The number of nitrogens with one attached hydrogen (secondary N) is 3. The highest BCUT2D eigenvalue weighted by Crippen LogP contribution is 2.29. The summed E-state index contributed by atoms with van der Waals surface area (Å²) >= 11 is 0. The van der Waals surface area contributed by atoms with Crippen molar-refractivity contribution >= 4 is 24.2 Å². The van der Waals surface area contributed by atoms with Crippen molar-refractivity contribution in [1.29, 1.82) is 0 Å². The molecule has 1 aliphatic rings. The predicted molar refractivity (Wildman–Crippen MR) is 95.4 cm³/mol. The summed E-state index contributed by atoms with van der Waals surface area (Å²) in [7, 11) is 1.56. The van der Waals surface area contributed by atoms with Gasteiger partial charge >= 0.3 is 0 Å². The summed E-state index contributed by atoms with van der Waals surface area (Å²) < 4.78 is 32.2. The van der Waals surface area contributed by atoms with Crippen molar-refractivity contribution < 1.29 is 23.1 Å². The van der Waals surface area contributed by atoms with Crippen LogP contribution in [0.2, 0.25) is 0 Å². The van der Waals surface area contributed by atoms with Gasteiger partial charge < -0.3 is 20.7 Å². The molecule has 0 atom stereocenters. The summed E-state index contributed by atoms with van der Waals surface area (Å²) in [5, 5.41) is 8.37. The predicted octanol–water partition coefficient (Wildman–Crippen LogP) is 1.25. The fraction of sp³-hybridized carbons (Fsp3) is 0.529. The molecule has 3 N–H and O–H groups in total. The third-order valence-electron chi connectivity index (χ3n) is 4.35. The van der Waals surface area contributed by atoms with E-state index in [1.54, 1.807) is 7.11 Å². The van der Waals surface area contributed by atoms with Gasteiger partial charge in [-0.2, -0.15) is 0 Å². The number of carbonyl (C=O) groups is 2. The third-order valence-corrected chi connectivity index (χ3v) is 4.35. The van der Waals surface area contributed by atoms with Gasteiger partial charge in [0, 0.05) is 20.2 Å². The fourth-order valence-corrected chi connectivity index (χ4v) is 2.96. The molecule has 1 heterocycles. The zero-order chi connectivity index (χ0) is 18.3. The van der Waals surface area contributed by atoms with Crippen molar-refractivity contribution in [2.45, 2.75) is 12.8 Å². The van der Waals surface area contributed by atoms with Gasteiger partial charge in [-0.3, -0.25) is 9.59 Å². The Morgan fingerprint density at radius 2 is 1.73 bits per heavy atom. The largest absolute Gasteiger partial charge is 0.384 e. The van der Waals surface area contributed by atoms with Crippen molar-refractivity contribution in [3.63, 3.8) is 0 Å². The Morgan fingerprint density at radius 3 is 2.31 bits per heavy atom. The van der Waals surface area contributed by atoms with Crippen molar-refractivity contribution in [2.24, 2.45) is 5.41 Å². The number of methoxy groups -OCH3 is 1. The van der Waals surface area contributed by atoms with E-state index in [0.717, 1.165) is 25.2 Å². The molecule has 2 rings (SSSR count). The van der Waals surface area contributed by atoms with Gasteiger partial charge in [0.15, 0.2) is 0 Å². The molecule has 1 aromatic rings. The monoisotopic (exact) mass is 391 g/mol. The summed E-state index contributed by atoms with van der Waals surface area (Å²) in [6.07, 6.45) is 1.33. The van der Waals surface area contributed by atoms with Crippen LogP contribution in [0.5, 0.6) is 0 Å². The Bertz CT molecular complexity index is 600. The molecule has 1 fully saturated rings. The third kappa shape index (κ3) is 5.36. The van der Waals surface area contributed by atoms with Gasteiger partial charge in [0.1, 0.15) is 17.2 Å². The van der Waals surface area contributed by atoms with E-state index in [1.165, 1.54) is 6.07 Å². The summed E-state index contributed by atoms with van der Waals surface area (Å²) in [6.45, 7) is 2.03. The molecular formula is C17H24ClF2N3O3. The molecule has 26 heavy (non-hydrogen) atoms. The SMILES string of the molecule is COCC1(C(=O)NCCNC(=O)c2c(F)cccc2F)CCNCC1.Cl. The molecule has 0 unspecified atom stereocenters. The van der Waals surface area contributed by atoms with E-state index in [0.29, 0.717) is 19.4 Å². The van der Waals surface area contributed by atoms with Crippen molar-refractivity contribution in [3.05, 3.63) is 35.4 Å². The first-order valence-corrected chi connectivity index (χ1v) is 8.20. The number of hydrogen-bond acceptors (Lipinski definition) is 4. The lowest BCUT2D eigenvalue weighted by Gasteiger charge is -2.35. The number of hydrogen-bond donors (Lipinski definition) is 3. The van der Waals surface area contributed by atoms with E-state index in [1.807, 2.05) is 0 Å². The molecule has 146 valence electrons. The standard InChI is InChI=1S/C17H23F2N3O3.ClH/c1-25-11-17(5-7-20-8-6-17)16(24)22-10-9-21-15(23)14-12(18)3-2-4-13(14)19;/h2-4,20H,5-11H2,1H3,(H,21,23)(H,22,24);1H. The minimum absolute atomic E-state index is 0. The average Bonchev–Trinajstić information content (AvgIpc) is 2.59. The number of piperidine rings is 1. The van der Waals surface area contributed by atoms with Gasteiger partial charge in [-0.1, -0.05) is 6.07 Å². The minimum Gasteiger partial charge on any atom is -0.384 e. The number of ether oxygens (including phenoxy) is 1. The van der Waals surface area contributed by atoms with Gasteiger partial charge in [0.05, 0.1) is 12.0 Å². The molecule has 1 saturated heterocycles. The summed E-state index contributed by atoms with van der Waals surface area (Å²) in [5.74, 6) is -2.83. The Kier molecular flexibility index (Phi) is 8.91. The zero-order valence-corrected chi connectivity index (χ0v) is 15.4. The van der Waals surface area contributed by atoms with Crippen molar-refractivity contribution in [1.82, 2.24) is 16.0 Å². The normalized spacial score (nSPS) is 15.7. The summed E-state index contributed by atoms with van der Waals surface area (Å²) in [5.41, 5.74) is -1.20. The number of benzene rings is 1. The minimum atomic E-state index is -0.921. The van der Waals surface area contributed by atoms with E-state index in [2.05, 4.69) is 16.0 Å². The van der Waals surface area contributed by atoms with Crippen LogP contribution in [0.1, 0.15) is 23.2 Å². The van der Waals surface area contributed by atoms with E-state index in [9.17, 15) is 18.4 Å². The van der Waals surface area contributed by atoms with Crippen LogP contribution in [0.25, 0.3) is 0 Å². The molecule has 1 aromatic carbocycles. The van der Waals surface area contributed by atoms with E-state index in [-0.39, 0.29) is 31.4 Å². The fourth-order valence-electron chi connectivity index (χ4n) is 2.96. The maximum atomic E-state index is 13.5. The molecule has 0 radical (unpaired) electrons. The summed E-state index contributed by atoms with van der Waals surface area (Å²) in [4.78, 5) is 24.3. The maximum absolute atomic E-state index is 13.5. The molecule has 1 aliphatic heterocycles. The average molecular weight is 392 g/mol. The highest BCUT2D eigenvalue weighted by atomic mass is 35.5. The smallest absolute Gasteiger partial charge is 0.257 e. The van der Waals surface area contributed by atoms with E-state index >= 15 is 0 Å². The highest BCUT2D eigenvalue weighted by molar-refractivity contribution is 5.94. The molecular weight excluding hydrogens is 368 g/mol. The molecule has 0 aromatic heterocycles. The van der Waals surface area contributed by atoms with Crippen LogP contribution in [0.15, 0.2) is 18.2 Å². The molecule has 6 nitrogen and oxygen atoms in total. The number of amides is 2. The lowest BCUT2D eigenvalue weighted by Crippen LogP contribution is -2.51. The van der Waals surface area contributed by atoms with Crippen LogP contribution in [0.3, 0.4) is 0 Å². The Labute approximate surface area is 157 Å². The quantitative estimate of drug-likeness (QED) is 0.611. The first kappa shape index (κ1) is 22.3. The van der Waals surface area contributed by atoms with Gasteiger partial charge in [-0.15, -0.1) is 12.4 Å². The second-order valence-corrected chi connectivity index (χ2v) is 6.07. The molecule has 0 bridgehead atoms. The number of carbonyl (C=O) groups excluding carboxylic acids is 2. The Morgan fingerprint density at radius 1 is 1.15 bits per heavy atom. The van der Waals surface area contributed by atoms with Crippen molar-refractivity contribution in [3.8, 4) is 0 Å². The maximum Gasteiger partial charge on any atom is 0.257 e. The lowest BCUT2D eigenvalue weighted by atomic mass is 9.78. The Balaban J connectivity index is 0.00000338. The second kappa shape index (κ2) is 10.4. The lowest BCUT2D eigenvalue weighted by molar-refractivity contribution is -0.136. The van der Waals surface area contributed by atoms with Crippen molar-refractivity contribution in [2.75, 3.05) is 39.9 Å². The molecule has 0 saturated carbocycles. The topological polar surface area (TPSA) is 79.5 Å². The molecule has 0 aliphatic carbocycles. The van der Waals surface area contributed by atoms with E-state index in [4.69, 9.17) is 4.74 Å². The number of rotatable bonds is 7. The molecule has 2 amide bonds. The zero-order valence-electron chi connectivity index (χ0n) is 14.6. The van der Waals surface area contributed by atoms with Crippen LogP contribution >= 0.6 is 12.4 Å². The van der Waals surface area contributed by atoms with E-state index < -0.39 is 28.5 Å². The highest BCUT2D eigenvalue weighted by Gasteiger charge is 2.39. The van der Waals surface area contributed by atoms with Gasteiger partial charge in [-0.05, 0) is 38.1 Å². The first-order valence-electron chi connectivity index (χ1n) is 8.20. The Hall–Kier alpha value is -1.77. The first-order chi connectivity index (χ1) is 12.0. The van der Waals surface area contributed by atoms with Gasteiger partial charge in [0.25, 0.3) is 5.91 Å². The van der Waals surface area contributed by atoms with Crippen LogP contribution < -0.4 is 16.0 Å². The molecule has 0 spiro atoms. The van der Waals surface area contributed by atoms with Gasteiger partial charge in [-0.25, -0.2) is 8.78 Å². The van der Waals surface area contributed by atoms with Crippen LogP contribution in [0.4, 0.5) is 8.78 Å². The van der Waals surface area contributed by atoms with Crippen LogP contribution in [-0.4, -0.2) is 51.7 Å². The van der Waals surface area contributed by atoms with Crippen LogP contribution in [0, 0.1) is 17.0 Å².